The average molecular weight is 515 g/mol. The molecule has 7 nitrogen and oxygen atoms in total. The third-order valence-electron chi connectivity index (χ3n) is 5.32. The third kappa shape index (κ3) is 6.45. The summed E-state index contributed by atoms with van der Waals surface area (Å²) in [6.45, 7) is 4.72. The molecule has 0 saturated carbocycles. The highest BCUT2D eigenvalue weighted by Crippen LogP contribution is 2.28. The van der Waals surface area contributed by atoms with Crippen LogP contribution < -0.4 is 11.1 Å². The van der Waals surface area contributed by atoms with Gasteiger partial charge in [0.05, 0.1) is 35.7 Å². The highest BCUT2D eigenvalue weighted by atomic mass is 35.5. The largest absolute Gasteiger partial charge is 0.397 e. The normalized spacial score (nSPS) is 12.2. The summed E-state index contributed by atoms with van der Waals surface area (Å²) in [7, 11) is 0. The lowest BCUT2D eigenvalue weighted by Crippen LogP contribution is -2.27. The maximum absolute atomic E-state index is 14.0. The summed E-state index contributed by atoms with van der Waals surface area (Å²) in [5.41, 5.74) is 8.73. The molecule has 0 aromatic heterocycles. The summed E-state index contributed by atoms with van der Waals surface area (Å²) in [5, 5.41) is 26.6. The lowest BCUT2D eigenvalue weighted by molar-refractivity contribution is 0.0727. The number of nitrogens with two attached hydrogens (primary N) is 1. The van der Waals surface area contributed by atoms with Gasteiger partial charge in [-0.25, -0.2) is 8.78 Å². The van der Waals surface area contributed by atoms with E-state index in [-0.39, 0.29) is 34.3 Å². The molecule has 36 heavy (non-hydrogen) atoms. The topological polar surface area (TPSA) is 111 Å². The molecule has 0 aliphatic rings. The van der Waals surface area contributed by atoms with Crippen LogP contribution in [0, 0.1) is 18.6 Å². The maximum Gasteiger partial charge on any atom is 0.194 e. The van der Waals surface area contributed by atoms with Gasteiger partial charge in [0, 0.05) is 35.8 Å². The van der Waals surface area contributed by atoms with Crippen molar-refractivity contribution < 1.29 is 23.8 Å². The van der Waals surface area contributed by atoms with Crippen molar-refractivity contribution in [3.63, 3.8) is 0 Å². The molecule has 0 spiro atoms. The number of ketones is 1. The summed E-state index contributed by atoms with van der Waals surface area (Å²) in [5.74, 6) is -1.80. The monoisotopic (exact) mass is 514 g/mol. The lowest BCUT2D eigenvalue weighted by Gasteiger charge is -2.18. The first kappa shape index (κ1) is 26.8. The molecule has 0 aliphatic carbocycles. The minimum atomic E-state index is -1.03. The van der Waals surface area contributed by atoms with Gasteiger partial charge in [-0.05, 0) is 54.4 Å². The van der Waals surface area contributed by atoms with Crippen molar-refractivity contribution in [3.05, 3.63) is 99.7 Å². The number of hydrogen-bond donors (Lipinski definition) is 4. The van der Waals surface area contributed by atoms with Crippen LogP contribution in [0.15, 0.2) is 65.9 Å². The van der Waals surface area contributed by atoms with Crippen LogP contribution in [0.2, 0.25) is 5.02 Å². The molecule has 1 unspecified atom stereocenters. The van der Waals surface area contributed by atoms with Crippen molar-refractivity contribution in [1.29, 1.82) is 0 Å². The predicted octanol–water partition coefficient (Wildman–Crippen LogP) is 4.43. The molecule has 0 amide bonds. The van der Waals surface area contributed by atoms with E-state index in [0.29, 0.717) is 22.4 Å². The minimum absolute atomic E-state index is 0.0177. The van der Waals surface area contributed by atoms with E-state index >= 15 is 0 Å². The molecule has 0 bridgehead atoms. The zero-order chi connectivity index (χ0) is 26.4. The second kappa shape index (κ2) is 11.8. The van der Waals surface area contributed by atoms with Crippen LogP contribution in [-0.4, -0.2) is 47.0 Å². The lowest BCUT2D eigenvalue weighted by atomic mass is 9.96. The second-order valence-corrected chi connectivity index (χ2v) is 8.39. The number of aryl methyl sites for hydroxylation is 1. The molecule has 0 fully saturated rings. The van der Waals surface area contributed by atoms with E-state index in [2.05, 4.69) is 17.1 Å². The van der Waals surface area contributed by atoms with Crippen LogP contribution in [0.4, 0.5) is 20.2 Å². The van der Waals surface area contributed by atoms with E-state index in [1.807, 2.05) is 0 Å². The van der Waals surface area contributed by atoms with Crippen LogP contribution in [0.25, 0.3) is 5.70 Å². The van der Waals surface area contributed by atoms with E-state index < -0.39 is 24.3 Å². The number of nitrogens with zero attached hydrogens (tertiary/aromatic N) is 2. The predicted molar refractivity (Wildman–Crippen MR) is 137 cm³/mol. The van der Waals surface area contributed by atoms with Gasteiger partial charge in [-0.3, -0.25) is 9.80 Å². The van der Waals surface area contributed by atoms with Gasteiger partial charge < -0.3 is 21.3 Å². The number of hydrazone groups is 1. The number of halogens is 3. The Kier molecular flexibility index (Phi) is 8.76. The first-order valence-corrected chi connectivity index (χ1v) is 11.2. The molecule has 1 atom stereocenters. The van der Waals surface area contributed by atoms with Gasteiger partial charge >= 0.3 is 0 Å². The number of nitrogens with one attached hydrogen (secondary N) is 1. The molecule has 0 heterocycles. The molecule has 3 aromatic rings. The van der Waals surface area contributed by atoms with Crippen LogP contribution in [0.1, 0.15) is 27.0 Å². The fraction of sp³-hybridized carbons (Fsp3) is 0.154. The van der Waals surface area contributed by atoms with Gasteiger partial charge in [0.15, 0.2) is 5.78 Å². The van der Waals surface area contributed by atoms with Gasteiger partial charge in [-0.1, -0.05) is 23.7 Å². The van der Waals surface area contributed by atoms with Gasteiger partial charge in [0.2, 0.25) is 0 Å². The number of benzene rings is 3. The number of aliphatic hydroxyl groups is 2. The highest BCUT2D eigenvalue weighted by molar-refractivity contribution is 6.35. The van der Waals surface area contributed by atoms with Crippen molar-refractivity contribution in [2.45, 2.75) is 13.0 Å². The Hall–Kier alpha value is -3.79. The molecular weight excluding hydrogens is 490 g/mol. The molecular formula is C26H25ClF2N4O3. The van der Waals surface area contributed by atoms with Gasteiger partial charge in [-0.15, -0.1) is 0 Å². The SMILES string of the molecule is C=NN(/C=C(\N)c1ccc(C)c(C(=O)c2ccc(Nc3ccc(F)cc3F)cc2Cl)c1)CC(O)CO. The Morgan fingerprint density at radius 2 is 1.94 bits per heavy atom. The van der Waals surface area contributed by atoms with Crippen molar-refractivity contribution in [2.75, 3.05) is 18.5 Å². The summed E-state index contributed by atoms with van der Waals surface area (Å²) in [6, 6.07) is 12.8. The summed E-state index contributed by atoms with van der Waals surface area (Å²) >= 11 is 6.39. The van der Waals surface area contributed by atoms with Gasteiger partial charge in [-0.2, -0.15) is 5.10 Å². The van der Waals surface area contributed by atoms with Crippen LogP contribution in [0.5, 0.6) is 0 Å². The van der Waals surface area contributed by atoms with Crippen LogP contribution >= 0.6 is 11.6 Å². The fourth-order valence-electron chi connectivity index (χ4n) is 3.37. The average Bonchev–Trinajstić information content (AvgIpc) is 2.85. The Morgan fingerprint density at radius 3 is 2.58 bits per heavy atom. The summed E-state index contributed by atoms with van der Waals surface area (Å²) in [6.07, 6.45) is 0.404. The van der Waals surface area contributed by atoms with E-state index in [9.17, 15) is 18.7 Å². The number of rotatable bonds is 10. The molecule has 3 rings (SSSR count). The number of hydrogen-bond acceptors (Lipinski definition) is 7. The Morgan fingerprint density at radius 1 is 1.19 bits per heavy atom. The number of anilines is 2. The van der Waals surface area contributed by atoms with E-state index in [1.165, 1.54) is 29.4 Å². The van der Waals surface area contributed by atoms with Crippen LogP contribution in [-0.2, 0) is 0 Å². The quantitative estimate of drug-likeness (QED) is 0.181. The summed E-state index contributed by atoms with van der Waals surface area (Å²) in [4.78, 5) is 13.3. The number of carbonyl (C=O) groups is 1. The first-order chi connectivity index (χ1) is 17.1. The van der Waals surface area contributed by atoms with Crippen molar-refractivity contribution in [3.8, 4) is 0 Å². The zero-order valence-electron chi connectivity index (χ0n) is 19.4. The molecule has 0 radical (unpaired) electrons. The second-order valence-electron chi connectivity index (χ2n) is 7.99. The number of carbonyl (C=O) groups excluding carboxylic acids is 1. The number of aliphatic hydroxyl groups excluding tert-OH is 2. The molecule has 0 saturated heterocycles. The molecule has 3 aromatic carbocycles. The Labute approximate surface area is 212 Å². The van der Waals surface area contributed by atoms with Crippen molar-refractivity contribution in [2.24, 2.45) is 10.8 Å². The van der Waals surface area contributed by atoms with E-state index in [0.717, 1.165) is 12.1 Å². The molecule has 5 N–H and O–H groups in total. The zero-order valence-corrected chi connectivity index (χ0v) is 20.1. The molecule has 10 heteroatoms. The molecule has 188 valence electrons. The first-order valence-electron chi connectivity index (χ1n) is 10.8. The molecule has 0 aliphatic heterocycles. The standard InChI is InChI=1S/C26H25ClF2N4O3/c1-15-3-4-16(24(30)13-33(31-2)12-19(35)14-34)9-21(15)26(36)20-7-6-18(11-22(20)27)32-25-8-5-17(28)10-23(25)29/h3-11,13,19,32,34-35H,2,12,14,30H2,1H3/b24-13-. The van der Waals surface area contributed by atoms with Crippen LogP contribution in [0.3, 0.4) is 0 Å². The van der Waals surface area contributed by atoms with E-state index in [4.69, 9.17) is 22.4 Å². The smallest absolute Gasteiger partial charge is 0.194 e. The van der Waals surface area contributed by atoms with Gasteiger partial charge in [0.1, 0.15) is 11.6 Å². The van der Waals surface area contributed by atoms with Crippen molar-refractivity contribution >= 4 is 41.2 Å². The third-order valence-corrected chi connectivity index (χ3v) is 5.63. The maximum atomic E-state index is 14.0. The fourth-order valence-corrected chi connectivity index (χ4v) is 3.64. The summed E-state index contributed by atoms with van der Waals surface area (Å²) < 4.78 is 27.1. The van der Waals surface area contributed by atoms with E-state index in [1.54, 1.807) is 31.2 Å². The van der Waals surface area contributed by atoms with Crippen molar-refractivity contribution in [1.82, 2.24) is 5.01 Å². The van der Waals surface area contributed by atoms with Gasteiger partial charge in [0.25, 0.3) is 0 Å². The Balaban J connectivity index is 1.86. The minimum Gasteiger partial charge on any atom is -0.397 e. The Bertz CT molecular complexity index is 1320. The highest BCUT2D eigenvalue weighted by Gasteiger charge is 2.17.